The van der Waals surface area contributed by atoms with Crippen molar-refractivity contribution in [1.82, 2.24) is 0 Å². The molecule has 0 bridgehead atoms. The maximum atomic E-state index is 12.1. The molecule has 1 aromatic rings. The van der Waals surface area contributed by atoms with Crippen LogP contribution in [0.2, 0.25) is 0 Å². The van der Waals surface area contributed by atoms with Crippen molar-refractivity contribution in [2.75, 3.05) is 7.11 Å². The first-order valence-corrected chi connectivity index (χ1v) is 7.93. The highest BCUT2D eigenvalue weighted by Gasteiger charge is 2.11. The smallest absolute Gasteiger partial charge is 0.162 e. The topological polar surface area (TPSA) is 43.4 Å². The first kappa shape index (κ1) is 18.1. The zero-order chi connectivity index (χ0) is 16.2. The number of ether oxygens (including phenoxy) is 1. The number of carbonyl (C=O) groups is 2. The Morgan fingerprint density at radius 3 is 2.50 bits per heavy atom. The lowest BCUT2D eigenvalue weighted by Gasteiger charge is -2.13. The molecule has 1 rings (SSSR count). The number of hydrogen-bond donors (Lipinski definition) is 0. The Hall–Kier alpha value is -1.90. The van der Waals surface area contributed by atoms with Gasteiger partial charge in [-0.15, -0.1) is 6.58 Å². The summed E-state index contributed by atoms with van der Waals surface area (Å²) in [7, 11) is 1.61. The van der Waals surface area contributed by atoms with Crippen LogP contribution in [0.25, 0.3) is 0 Å². The van der Waals surface area contributed by atoms with Gasteiger partial charge in [-0.05, 0) is 62.3 Å². The van der Waals surface area contributed by atoms with Gasteiger partial charge < -0.3 is 9.53 Å². The van der Waals surface area contributed by atoms with Gasteiger partial charge in [0.2, 0.25) is 0 Å². The van der Waals surface area contributed by atoms with Crippen LogP contribution in [-0.2, 0) is 4.79 Å². The highest BCUT2D eigenvalue weighted by Crippen LogP contribution is 2.20. The summed E-state index contributed by atoms with van der Waals surface area (Å²) >= 11 is 0. The predicted octanol–water partition coefficient (Wildman–Crippen LogP) is 4.61. The third kappa shape index (κ3) is 6.70. The quantitative estimate of drug-likeness (QED) is 0.245. The Kier molecular flexibility index (Phi) is 8.89. The largest absolute Gasteiger partial charge is 0.497 e. The first-order chi connectivity index (χ1) is 10.7. The molecule has 0 radical (unpaired) electrons. The van der Waals surface area contributed by atoms with Crippen LogP contribution in [0.3, 0.4) is 0 Å². The summed E-state index contributed by atoms with van der Waals surface area (Å²) in [6.45, 7) is 3.71. The van der Waals surface area contributed by atoms with Crippen LogP contribution in [0.1, 0.15) is 55.3 Å². The number of hydrogen-bond acceptors (Lipinski definition) is 3. The average Bonchev–Trinajstić information content (AvgIpc) is 2.55. The van der Waals surface area contributed by atoms with Gasteiger partial charge in [0.05, 0.1) is 7.11 Å². The zero-order valence-electron chi connectivity index (χ0n) is 13.4. The maximum Gasteiger partial charge on any atom is 0.162 e. The van der Waals surface area contributed by atoms with Crippen LogP contribution in [0, 0.1) is 5.92 Å². The second kappa shape index (κ2) is 10.8. The molecule has 0 N–H and O–H groups in total. The molecular weight excluding hydrogens is 276 g/mol. The molecule has 0 saturated carbocycles. The number of allylic oxidation sites excluding steroid dienone is 1. The van der Waals surface area contributed by atoms with Gasteiger partial charge in [0, 0.05) is 18.4 Å². The van der Waals surface area contributed by atoms with Crippen molar-refractivity contribution in [3.05, 3.63) is 42.5 Å². The van der Waals surface area contributed by atoms with Crippen molar-refractivity contribution in [2.45, 2.75) is 44.9 Å². The summed E-state index contributed by atoms with van der Waals surface area (Å²) < 4.78 is 5.08. The van der Waals surface area contributed by atoms with E-state index in [1.807, 2.05) is 6.08 Å². The Balaban J connectivity index is 2.37. The molecule has 0 fully saturated rings. The van der Waals surface area contributed by atoms with E-state index in [-0.39, 0.29) is 5.78 Å². The number of rotatable bonds is 12. The zero-order valence-corrected chi connectivity index (χ0v) is 13.4. The fourth-order valence-electron chi connectivity index (χ4n) is 2.54. The average molecular weight is 302 g/mol. The van der Waals surface area contributed by atoms with E-state index in [2.05, 4.69) is 6.58 Å². The van der Waals surface area contributed by atoms with Crippen molar-refractivity contribution in [3.8, 4) is 5.75 Å². The van der Waals surface area contributed by atoms with Crippen LogP contribution in [0.4, 0.5) is 0 Å². The minimum absolute atomic E-state index is 0.151. The Morgan fingerprint density at radius 2 is 1.91 bits per heavy atom. The molecule has 0 unspecified atom stereocenters. The lowest BCUT2D eigenvalue weighted by atomic mass is 9.92. The summed E-state index contributed by atoms with van der Waals surface area (Å²) in [6.07, 6.45) is 8.86. The number of unbranched alkanes of at least 4 members (excludes halogenated alkanes) is 1. The van der Waals surface area contributed by atoms with E-state index in [4.69, 9.17) is 4.74 Å². The number of methoxy groups -OCH3 is 1. The van der Waals surface area contributed by atoms with Crippen LogP contribution < -0.4 is 4.74 Å². The Morgan fingerprint density at radius 1 is 1.23 bits per heavy atom. The fraction of sp³-hybridized carbons (Fsp3) is 0.474. The molecule has 0 amide bonds. The number of ketones is 1. The summed E-state index contributed by atoms with van der Waals surface area (Å²) in [5, 5.41) is 0. The predicted molar refractivity (Wildman–Crippen MR) is 89.4 cm³/mol. The van der Waals surface area contributed by atoms with E-state index in [0.29, 0.717) is 18.8 Å². The lowest BCUT2D eigenvalue weighted by molar-refractivity contribution is -0.108. The van der Waals surface area contributed by atoms with E-state index < -0.39 is 0 Å². The third-order valence-corrected chi connectivity index (χ3v) is 3.88. The summed E-state index contributed by atoms with van der Waals surface area (Å²) in [6, 6.07) is 7.21. The van der Waals surface area contributed by atoms with Crippen LogP contribution >= 0.6 is 0 Å². The highest BCUT2D eigenvalue weighted by atomic mass is 16.5. The molecular formula is C19H26O3. The summed E-state index contributed by atoms with van der Waals surface area (Å²) in [5.41, 5.74) is 0.722. The fourth-order valence-corrected chi connectivity index (χ4v) is 2.54. The first-order valence-electron chi connectivity index (χ1n) is 7.93. The molecule has 0 heterocycles. The molecule has 0 aliphatic rings. The maximum absolute atomic E-state index is 12.1. The normalized spacial score (nSPS) is 11.7. The molecule has 3 heteroatoms. The van der Waals surface area contributed by atoms with Crippen molar-refractivity contribution < 1.29 is 14.3 Å². The molecule has 1 aromatic carbocycles. The van der Waals surface area contributed by atoms with E-state index in [0.717, 1.165) is 49.7 Å². The molecule has 3 nitrogen and oxygen atoms in total. The van der Waals surface area contributed by atoms with Gasteiger partial charge in [-0.1, -0.05) is 6.08 Å². The standard InChI is InChI=1S/C19H26O3/c1-3-4-5-7-16(14-15-20)8-6-9-19(21)17-10-12-18(22-2)13-11-17/h3,10-13,15-16H,1,4-9,14H2,2H3/t16-/m0/s1. The summed E-state index contributed by atoms with van der Waals surface area (Å²) in [5.74, 6) is 1.30. The molecule has 1 atom stereocenters. The van der Waals surface area contributed by atoms with Gasteiger partial charge in [-0.25, -0.2) is 0 Å². The number of aldehydes is 1. The monoisotopic (exact) mass is 302 g/mol. The van der Waals surface area contributed by atoms with E-state index >= 15 is 0 Å². The molecule has 0 saturated heterocycles. The summed E-state index contributed by atoms with van der Waals surface area (Å²) in [4.78, 5) is 22.8. The minimum atomic E-state index is 0.151. The Bertz CT molecular complexity index is 462. The minimum Gasteiger partial charge on any atom is -0.497 e. The van der Waals surface area contributed by atoms with E-state index in [1.54, 1.807) is 31.4 Å². The third-order valence-electron chi connectivity index (χ3n) is 3.88. The Labute approximate surface area is 133 Å². The van der Waals surface area contributed by atoms with Crippen LogP contribution in [0.5, 0.6) is 5.75 Å². The van der Waals surface area contributed by atoms with Gasteiger partial charge >= 0.3 is 0 Å². The molecule has 0 aliphatic heterocycles. The lowest BCUT2D eigenvalue weighted by Crippen LogP contribution is -2.04. The van der Waals surface area contributed by atoms with Crippen molar-refractivity contribution in [2.24, 2.45) is 5.92 Å². The SMILES string of the molecule is C=CCCC[C@H](CC=O)CCCC(=O)c1ccc(OC)cc1. The molecule has 0 aromatic heterocycles. The van der Waals surface area contributed by atoms with Crippen LogP contribution in [-0.4, -0.2) is 19.2 Å². The van der Waals surface area contributed by atoms with Crippen LogP contribution in [0.15, 0.2) is 36.9 Å². The number of carbonyl (C=O) groups excluding carboxylic acids is 2. The van der Waals surface area contributed by atoms with Crippen molar-refractivity contribution in [3.63, 3.8) is 0 Å². The van der Waals surface area contributed by atoms with Gasteiger partial charge in [0.15, 0.2) is 5.78 Å². The number of benzene rings is 1. The second-order valence-electron chi connectivity index (χ2n) is 5.53. The van der Waals surface area contributed by atoms with E-state index in [9.17, 15) is 9.59 Å². The molecule has 120 valence electrons. The van der Waals surface area contributed by atoms with Gasteiger partial charge in [-0.2, -0.15) is 0 Å². The van der Waals surface area contributed by atoms with Crippen molar-refractivity contribution >= 4 is 12.1 Å². The second-order valence-corrected chi connectivity index (χ2v) is 5.53. The van der Waals surface area contributed by atoms with E-state index in [1.165, 1.54) is 0 Å². The highest BCUT2D eigenvalue weighted by molar-refractivity contribution is 5.96. The van der Waals surface area contributed by atoms with Gasteiger partial charge in [0.1, 0.15) is 12.0 Å². The number of Topliss-reactive ketones (excluding diaryl/α,β-unsaturated/α-hetero) is 1. The molecule has 0 aliphatic carbocycles. The van der Waals surface area contributed by atoms with Gasteiger partial charge in [-0.3, -0.25) is 4.79 Å². The van der Waals surface area contributed by atoms with Crippen molar-refractivity contribution in [1.29, 1.82) is 0 Å². The van der Waals surface area contributed by atoms with Gasteiger partial charge in [0.25, 0.3) is 0 Å². The molecule has 0 spiro atoms. The molecule has 22 heavy (non-hydrogen) atoms.